The van der Waals surface area contributed by atoms with Crippen molar-refractivity contribution in [2.24, 2.45) is 5.73 Å². The molecular formula is C17H22Cl3N3O2S. The molecule has 1 unspecified atom stereocenters. The summed E-state index contributed by atoms with van der Waals surface area (Å²) in [5.41, 5.74) is 6.72. The van der Waals surface area contributed by atoms with Crippen LogP contribution in [-0.4, -0.2) is 34.9 Å². The Hall–Kier alpha value is -1.05. The predicted octanol–water partition coefficient (Wildman–Crippen LogP) is 4.09. The van der Waals surface area contributed by atoms with Gasteiger partial charge in [0.2, 0.25) is 0 Å². The Morgan fingerprint density at radius 3 is 2.73 bits per heavy atom. The number of ether oxygens (including phenoxy) is 1. The molecule has 0 aliphatic carbocycles. The second-order valence-corrected chi connectivity index (χ2v) is 7.44. The molecule has 9 heteroatoms. The Morgan fingerprint density at radius 2 is 2.08 bits per heavy atom. The van der Waals surface area contributed by atoms with Crippen LogP contribution in [-0.2, 0) is 6.61 Å². The average Bonchev–Trinajstić information content (AvgIpc) is 2.94. The molecule has 1 fully saturated rings. The molecule has 1 aliphatic heterocycles. The fourth-order valence-corrected chi connectivity index (χ4v) is 3.80. The van der Waals surface area contributed by atoms with Crippen LogP contribution in [0.1, 0.15) is 33.2 Å². The fraction of sp³-hybridized carbons (Fsp3) is 0.412. The maximum atomic E-state index is 12.7. The van der Waals surface area contributed by atoms with Crippen LogP contribution in [0.4, 0.5) is 0 Å². The Morgan fingerprint density at radius 1 is 1.38 bits per heavy atom. The van der Waals surface area contributed by atoms with E-state index in [-0.39, 0.29) is 36.8 Å². The van der Waals surface area contributed by atoms with Crippen LogP contribution in [0.3, 0.4) is 0 Å². The number of rotatable bonds is 4. The molecule has 0 spiro atoms. The van der Waals surface area contributed by atoms with Crippen molar-refractivity contribution in [1.29, 1.82) is 0 Å². The van der Waals surface area contributed by atoms with Gasteiger partial charge in [-0.05, 0) is 44.0 Å². The number of nitrogens with zero attached hydrogens (tertiary/aromatic N) is 2. The standard InChI is InChI=1S/C17H20ClN3O2S.2ClH/c1-11-16(17(22)21-8-2-3-13(19)9-21)24-15(20-11)10-23-14-6-4-12(18)5-7-14;;/h4-7,13H,2-3,8-10,19H2,1H3;2*1H. The van der Waals surface area contributed by atoms with E-state index in [1.54, 1.807) is 12.1 Å². The molecule has 144 valence electrons. The van der Waals surface area contributed by atoms with Gasteiger partial charge in [0.05, 0.1) is 5.69 Å². The zero-order chi connectivity index (χ0) is 17.1. The molecular weight excluding hydrogens is 417 g/mol. The number of amides is 1. The van der Waals surface area contributed by atoms with Gasteiger partial charge < -0.3 is 15.4 Å². The normalized spacial score (nSPS) is 16.4. The Bertz CT molecular complexity index is 725. The van der Waals surface area contributed by atoms with Crippen LogP contribution < -0.4 is 10.5 Å². The highest BCUT2D eigenvalue weighted by Gasteiger charge is 2.25. The van der Waals surface area contributed by atoms with Gasteiger partial charge in [0.15, 0.2) is 0 Å². The molecule has 0 saturated carbocycles. The van der Waals surface area contributed by atoms with E-state index in [0.717, 1.165) is 35.8 Å². The minimum absolute atomic E-state index is 0. The molecule has 26 heavy (non-hydrogen) atoms. The van der Waals surface area contributed by atoms with Crippen molar-refractivity contribution in [2.45, 2.75) is 32.4 Å². The molecule has 1 aromatic heterocycles. The van der Waals surface area contributed by atoms with Crippen LogP contribution in [0, 0.1) is 6.92 Å². The summed E-state index contributed by atoms with van der Waals surface area (Å²) in [5, 5.41) is 1.45. The number of thiazole rings is 1. The quantitative estimate of drug-likeness (QED) is 0.780. The first-order chi connectivity index (χ1) is 11.5. The molecule has 2 aromatic rings. The number of hydrogen-bond donors (Lipinski definition) is 1. The number of aryl methyl sites for hydroxylation is 1. The summed E-state index contributed by atoms with van der Waals surface area (Å²) in [6, 6.07) is 7.24. The van der Waals surface area contributed by atoms with E-state index in [0.29, 0.717) is 23.1 Å². The molecule has 2 heterocycles. The van der Waals surface area contributed by atoms with Crippen LogP contribution in [0.2, 0.25) is 5.02 Å². The van der Waals surface area contributed by atoms with E-state index in [4.69, 9.17) is 22.1 Å². The van der Waals surface area contributed by atoms with Crippen LogP contribution in [0.15, 0.2) is 24.3 Å². The number of hydrogen-bond acceptors (Lipinski definition) is 5. The summed E-state index contributed by atoms with van der Waals surface area (Å²) in [7, 11) is 0. The van der Waals surface area contributed by atoms with Gasteiger partial charge in [-0.2, -0.15) is 0 Å². The van der Waals surface area contributed by atoms with Gasteiger partial charge in [-0.3, -0.25) is 4.79 Å². The second-order valence-electron chi connectivity index (χ2n) is 5.92. The topological polar surface area (TPSA) is 68.5 Å². The van der Waals surface area contributed by atoms with Gasteiger partial charge in [0.25, 0.3) is 5.91 Å². The van der Waals surface area contributed by atoms with Crippen molar-refractivity contribution in [3.8, 4) is 5.75 Å². The lowest BCUT2D eigenvalue weighted by Gasteiger charge is -2.30. The van der Waals surface area contributed by atoms with Gasteiger partial charge in [-0.1, -0.05) is 11.6 Å². The molecule has 0 radical (unpaired) electrons. The van der Waals surface area contributed by atoms with E-state index in [1.165, 1.54) is 11.3 Å². The molecule has 5 nitrogen and oxygen atoms in total. The van der Waals surface area contributed by atoms with Crippen LogP contribution in [0.5, 0.6) is 5.75 Å². The number of nitrogens with two attached hydrogens (primary N) is 1. The molecule has 1 atom stereocenters. The first-order valence-corrected chi connectivity index (χ1v) is 9.12. The number of likely N-dealkylation sites (tertiary alicyclic amines) is 1. The molecule has 2 N–H and O–H groups in total. The smallest absolute Gasteiger partial charge is 0.265 e. The molecule has 3 rings (SSSR count). The van der Waals surface area contributed by atoms with Gasteiger partial charge in [-0.15, -0.1) is 36.2 Å². The minimum atomic E-state index is 0. The monoisotopic (exact) mass is 437 g/mol. The molecule has 1 saturated heterocycles. The first kappa shape index (κ1) is 23.0. The van der Waals surface area contributed by atoms with E-state index in [2.05, 4.69) is 4.98 Å². The Balaban J connectivity index is 0.00000169. The van der Waals surface area contributed by atoms with Crippen LogP contribution >= 0.6 is 47.8 Å². The Kier molecular flexibility index (Phi) is 9.13. The highest BCUT2D eigenvalue weighted by Crippen LogP contribution is 2.24. The van der Waals surface area contributed by atoms with Gasteiger partial charge >= 0.3 is 0 Å². The third kappa shape index (κ3) is 5.72. The number of halogens is 3. The highest BCUT2D eigenvalue weighted by molar-refractivity contribution is 7.13. The number of carbonyl (C=O) groups excluding carboxylic acids is 1. The van der Waals surface area contributed by atoms with Crippen molar-refractivity contribution in [3.63, 3.8) is 0 Å². The fourth-order valence-electron chi connectivity index (χ4n) is 2.73. The maximum Gasteiger partial charge on any atom is 0.265 e. The lowest BCUT2D eigenvalue weighted by Crippen LogP contribution is -2.45. The maximum absolute atomic E-state index is 12.7. The summed E-state index contributed by atoms with van der Waals surface area (Å²) < 4.78 is 5.70. The zero-order valence-corrected chi connectivity index (χ0v) is 17.5. The third-order valence-corrected chi connectivity index (χ3v) is 5.33. The summed E-state index contributed by atoms with van der Waals surface area (Å²) in [6.45, 7) is 3.58. The SMILES string of the molecule is Cc1nc(COc2ccc(Cl)cc2)sc1C(=O)N1CCCC(N)C1.Cl.Cl. The summed E-state index contributed by atoms with van der Waals surface area (Å²) in [5.74, 6) is 0.750. The summed E-state index contributed by atoms with van der Waals surface area (Å²) in [6.07, 6.45) is 1.93. The van der Waals surface area contributed by atoms with Crippen molar-refractivity contribution >= 4 is 53.7 Å². The van der Waals surface area contributed by atoms with E-state index < -0.39 is 0 Å². The Labute approximate surface area is 174 Å². The minimum Gasteiger partial charge on any atom is -0.486 e. The number of benzene rings is 1. The molecule has 0 bridgehead atoms. The number of piperidine rings is 1. The lowest BCUT2D eigenvalue weighted by atomic mass is 10.1. The van der Waals surface area contributed by atoms with Crippen molar-refractivity contribution in [1.82, 2.24) is 9.88 Å². The highest BCUT2D eigenvalue weighted by atomic mass is 35.5. The van der Waals surface area contributed by atoms with Crippen LogP contribution in [0.25, 0.3) is 0 Å². The van der Waals surface area contributed by atoms with E-state index in [9.17, 15) is 4.79 Å². The van der Waals surface area contributed by atoms with E-state index in [1.807, 2.05) is 24.0 Å². The molecule has 1 amide bonds. The predicted molar refractivity (Wildman–Crippen MR) is 110 cm³/mol. The van der Waals surface area contributed by atoms with Crippen molar-refractivity contribution in [2.75, 3.05) is 13.1 Å². The van der Waals surface area contributed by atoms with Gasteiger partial charge in [-0.25, -0.2) is 4.98 Å². The largest absolute Gasteiger partial charge is 0.486 e. The lowest BCUT2D eigenvalue weighted by molar-refractivity contribution is 0.0713. The number of aromatic nitrogens is 1. The van der Waals surface area contributed by atoms with E-state index >= 15 is 0 Å². The van der Waals surface area contributed by atoms with Gasteiger partial charge in [0, 0.05) is 24.2 Å². The third-order valence-electron chi connectivity index (χ3n) is 3.96. The van der Waals surface area contributed by atoms with Crippen molar-refractivity contribution < 1.29 is 9.53 Å². The van der Waals surface area contributed by atoms with Gasteiger partial charge in [0.1, 0.15) is 22.2 Å². The first-order valence-electron chi connectivity index (χ1n) is 7.92. The number of carbonyl (C=O) groups is 1. The molecule has 1 aliphatic rings. The average molecular weight is 439 g/mol. The zero-order valence-electron chi connectivity index (χ0n) is 14.3. The summed E-state index contributed by atoms with van der Waals surface area (Å²) >= 11 is 7.25. The summed E-state index contributed by atoms with van der Waals surface area (Å²) in [4.78, 5) is 19.7. The second kappa shape index (κ2) is 10.3. The molecule has 1 aromatic carbocycles. The van der Waals surface area contributed by atoms with Crippen molar-refractivity contribution in [3.05, 3.63) is 44.9 Å².